The number of hydrogen-bond donors (Lipinski definition) is 1. The van der Waals surface area contributed by atoms with Crippen molar-refractivity contribution in [2.75, 3.05) is 13.1 Å². The fourth-order valence-corrected chi connectivity index (χ4v) is 4.70. The Morgan fingerprint density at radius 2 is 1.57 bits per heavy atom. The van der Waals surface area contributed by atoms with E-state index in [4.69, 9.17) is 0 Å². The van der Waals surface area contributed by atoms with Gasteiger partial charge in [-0.15, -0.1) is 0 Å². The van der Waals surface area contributed by atoms with Gasteiger partial charge in [-0.3, -0.25) is 9.59 Å². The van der Waals surface area contributed by atoms with Crippen LogP contribution in [0.4, 0.5) is 0 Å². The Balaban J connectivity index is 1.58. The molecule has 1 amide bonds. The molecule has 1 N–H and O–H groups in total. The number of carboxylic acids is 1. The van der Waals surface area contributed by atoms with Crippen LogP contribution in [0.25, 0.3) is 0 Å². The Bertz CT molecular complexity index is 409. The summed E-state index contributed by atoms with van der Waals surface area (Å²) in [5.74, 6) is 0.708. The summed E-state index contributed by atoms with van der Waals surface area (Å²) in [6.45, 7) is 1.83. The van der Waals surface area contributed by atoms with Crippen molar-refractivity contribution in [3.05, 3.63) is 0 Å². The Kier molecular flexibility index (Phi) is 4.51. The van der Waals surface area contributed by atoms with Gasteiger partial charge < -0.3 is 10.0 Å². The Labute approximate surface area is 126 Å². The molecule has 0 aromatic rings. The summed E-state index contributed by atoms with van der Waals surface area (Å²) in [5, 5.41) is 9.18. The molecule has 4 unspecified atom stereocenters. The normalized spacial score (nSPS) is 36.9. The van der Waals surface area contributed by atoms with Gasteiger partial charge in [0.25, 0.3) is 0 Å². The second-order valence-corrected chi connectivity index (χ2v) is 7.28. The average Bonchev–Trinajstić information content (AvgIpc) is 2.53. The molecule has 0 aromatic heterocycles. The molecule has 3 fully saturated rings. The molecular formula is C17H27NO3. The number of fused-ring (bicyclic) bond motifs is 1. The Morgan fingerprint density at radius 1 is 0.857 bits per heavy atom. The van der Waals surface area contributed by atoms with E-state index in [1.54, 1.807) is 0 Å². The molecule has 21 heavy (non-hydrogen) atoms. The van der Waals surface area contributed by atoms with E-state index in [0.29, 0.717) is 12.3 Å². The molecule has 118 valence electrons. The highest BCUT2D eigenvalue weighted by atomic mass is 16.4. The van der Waals surface area contributed by atoms with Crippen molar-refractivity contribution in [2.45, 2.75) is 57.8 Å². The van der Waals surface area contributed by atoms with Crippen LogP contribution in [0.2, 0.25) is 0 Å². The third kappa shape index (κ3) is 3.24. The maximum atomic E-state index is 12.7. The highest BCUT2D eigenvalue weighted by Crippen LogP contribution is 2.37. The average molecular weight is 293 g/mol. The van der Waals surface area contributed by atoms with Gasteiger partial charge in [-0.1, -0.05) is 25.7 Å². The summed E-state index contributed by atoms with van der Waals surface area (Å²) in [6, 6.07) is 0. The lowest BCUT2D eigenvalue weighted by Crippen LogP contribution is -2.47. The van der Waals surface area contributed by atoms with Gasteiger partial charge in [-0.2, -0.15) is 0 Å². The first-order chi connectivity index (χ1) is 10.1. The van der Waals surface area contributed by atoms with E-state index in [2.05, 4.69) is 4.90 Å². The SMILES string of the molecule is O=C(O)C1CCCC(C(=O)N2CCC3CCCCC3C2)C1. The second-order valence-electron chi connectivity index (χ2n) is 7.28. The smallest absolute Gasteiger partial charge is 0.306 e. The van der Waals surface area contributed by atoms with E-state index in [9.17, 15) is 14.7 Å². The van der Waals surface area contributed by atoms with Crippen molar-refractivity contribution in [1.82, 2.24) is 4.90 Å². The molecule has 2 aliphatic carbocycles. The largest absolute Gasteiger partial charge is 0.481 e. The van der Waals surface area contributed by atoms with Crippen molar-refractivity contribution in [3.63, 3.8) is 0 Å². The molecule has 0 radical (unpaired) electrons. The van der Waals surface area contributed by atoms with Gasteiger partial charge >= 0.3 is 5.97 Å². The maximum absolute atomic E-state index is 12.7. The van der Waals surface area contributed by atoms with Crippen molar-refractivity contribution in [3.8, 4) is 0 Å². The van der Waals surface area contributed by atoms with Crippen molar-refractivity contribution in [1.29, 1.82) is 0 Å². The number of piperidine rings is 1. The standard InChI is InChI=1S/C17H27NO3/c19-16(13-6-3-7-14(10-13)17(20)21)18-9-8-12-4-1-2-5-15(12)11-18/h12-15H,1-11H2,(H,20,21). The maximum Gasteiger partial charge on any atom is 0.306 e. The Hall–Kier alpha value is -1.06. The molecular weight excluding hydrogens is 266 g/mol. The molecule has 0 spiro atoms. The second kappa shape index (κ2) is 6.37. The molecule has 1 saturated heterocycles. The topological polar surface area (TPSA) is 57.6 Å². The molecule has 0 bridgehead atoms. The zero-order valence-corrected chi connectivity index (χ0v) is 12.8. The van der Waals surface area contributed by atoms with E-state index < -0.39 is 5.97 Å². The van der Waals surface area contributed by atoms with Crippen LogP contribution in [-0.4, -0.2) is 35.0 Å². The highest BCUT2D eigenvalue weighted by molar-refractivity contribution is 5.80. The monoisotopic (exact) mass is 293 g/mol. The number of hydrogen-bond acceptors (Lipinski definition) is 2. The lowest BCUT2D eigenvalue weighted by atomic mass is 9.74. The summed E-state index contributed by atoms with van der Waals surface area (Å²) in [5.41, 5.74) is 0. The van der Waals surface area contributed by atoms with Crippen molar-refractivity contribution >= 4 is 11.9 Å². The van der Waals surface area contributed by atoms with Crippen LogP contribution in [0.15, 0.2) is 0 Å². The molecule has 3 rings (SSSR count). The van der Waals surface area contributed by atoms with Crippen LogP contribution in [0.1, 0.15) is 57.8 Å². The van der Waals surface area contributed by atoms with E-state index >= 15 is 0 Å². The minimum Gasteiger partial charge on any atom is -0.481 e. The number of nitrogens with zero attached hydrogens (tertiary/aromatic N) is 1. The molecule has 4 atom stereocenters. The molecule has 4 nitrogen and oxygen atoms in total. The third-order valence-corrected chi connectivity index (χ3v) is 5.98. The highest BCUT2D eigenvalue weighted by Gasteiger charge is 2.37. The summed E-state index contributed by atoms with van der Waals surface area (Å²) in [7, 11) is 0. The lowest BCUT2D eigenvalue weighted by Gasteiger charge is -2.42. The number of rotatable bonds is 2. The summed E-state index contributed by atoms with van der Waals surface area (Å²) < 4.78 is 0. The van der Waals surface area contributed by atoms with Crippen LogP contribution in [0, 0.1) is 23.7 Å². The van der Waals surface area contributed by atoms with E-state index in [-0.39, 0.29) is 17.7 Å². The number of amides is 1. The molecule has 0 aromatic carbocycles. The molecule has 4 heteroatoms. The number of aliphatic carboxylic acids is 1. The van der Waals surface area contributed by atoms with E-state index in [1.807, 2.05) is 0 Å². The van der Waals surface area contributed by atoms with Gasteiger partial charge in [-0.05, 0) is 43.9 Å². The van der Waals surface area contributed by atoms with Crippen molar-refractivity contribution < 1.29 is 14.7 Å². The van der Waals surface area contributed by atoms with Gasteiger partial charge in [0.2, 0.25) is 5.91 Å². The zero-order chi connectivity index (χ0) is 14.8. The van der Waals surface area contributed by atoms with E-state index in [1.165, 1.54) is 25.7 Å². The zero-order valence-electron chi connectivity index (χ0n) is 12.8. The predicted molar refractivity (Wildman–Crippen MR) is 79.7 cm³/mol. The number of carbonyl (C=O) groups excluding carboxylic acids is 1. The van der Waals surface area contributed by atoms with E-state index in [0.717, 1.165) is 44.7 Å². The fraction of sp³-hybridized carbons (Fsp3) is 0.882. The first kappa shape index (κ1) is 14.9. The van der Waals surface area contributed by atoms with Gasteiger partial charge in [0.15, 0.2) is 0 Å². The first-order valence-electron chi connectivity index (χ1n) is 8.66. The van der Waals surface area contributed by atoms with Crippen LogP contribution < -0.4 is 0 Å². The number of carboxylic acid groups (broad SMARTS) is 1. The van der Waals surface area contributed by atoms with Crippen molar-refractivity contribution in [2.24, 2.45) is 23.7 Å². The molecule has 3 aliphatic rings. The first-order valence-corrected chi connectivity index (χ1v) is 8.66. The summed E-state index contributed by atoms with van der Waals surface area (Å²) >= 11 is 0. The van der Waals surface area contributed by atoms with Crippen LogP contribution in [0.3, 0.4) is 0 Å². The van der Waals surface area contributed by atoms with Crippen LogP contribution >= 0.6 is 0 Å². The van der Waals surface area contributed by atoms with Gasteiger partial charge in [0.1, 0.15) is 0 Å². The van der Waals surface area contributed by atoms with Gasteiger partial charge in [0.05, 0.1) is 5.92 Å². The Morgan fingerprint density at radius 3 is 2.33 bits per heavy atom. The number of likely N-dealkylation sites (tertiary alicyclic amines) is 1. The minimum absolute atomic E-state index is 0.0417. The minimum atomic E-state index is -0.724. The predicted octanol–water partition coefficient (Wildman–Crippen LogP) is 2.92. The molecule has 2 saturated carbocycles. The summed E-state index contributed by atoms with van der Waals surface area (Å²) in [6.07, 6.45) is 9.51. The molecule has 1 aliphatic heterocycles. The quantitative estimate of drug-likeness (QED) is 0.851. The molecule has 1 heterocycles. The van der Waals surface area contributed by atoms with Gasteiger partial charge in [-0.25, -0.2) is 0 Å². The lowest BCUT2D eigenvalue weighted by molar-refractivity contribution is -0.146. The number of carbonyl (C=O) groups is 2. The third-order valence-electron chi connectivity index (χ3n) is 5.98. The van der Waals surface area contributed by atoms with Crippen LogP contribution in [-0.2, 0) is 9.59 Å². The van der Waals surface area contributed by atoms with Gasteiger partial charge in [0, 0.05) is 19.0 Å². The van der Waals surface area contributed by atoms with Crippen LogP contribution in [0.5, 0.6) is 0 Å². The summed E-state index contributed by atoms with van der Waals surface area (Å²) in [4.78, 5) is 25.9. The fourth-order valence-electron chi connectivity index (χ4n) is 4.70.